The van der Waals surface area contributed by atoms with Crippen molar-refractivity contribution in [1.82, 2.24) is 0 Å². The molecule has 3 nitrogen and oxygen atoms in total. The van der Waals surface area contributed by atoms with Crippen molar-refractivity contribution in [2.75, 3.05) is 30.8 Å². The Morgan fingerprint density at radius 3 is 1.14 bits per heavy atom. The predicted octanol–water partition coefficient (Wildman–Crippen LogP) is 8.46. The molecule has 0 aromatic heterocycles. The zero-order valence-corrected chi connectivity index (χ0v) is 22.6. The van der Waals surface area contributed by atoms with Gasteiger partial charge in [-0.2, -0.15) is 0 Å². The van der Waals surface area contributed by atoms with Gasteiger partial charge in [0, 0.05) is 6.16 Å². The summed E-state index contributed by atoms with van der Waals surface area (Å²) in [6.07, 6.45) is 24.5. The van der Waals surface area contributed by atoms with Crippen LogP contribution in [0.25, 0.3) is 0 Å². The maximum atomic E-state index is 10.4. The van der Waals surface area contributed by atoms with Gasteiger partial charge in [0.2, 0.25) is 0 Å². The van der Waals surface area contributed by atoms with E-state index in [1.165, 1.54) is 70.6 Å². The SMILES string of the molecule is CCCCCCCCP(=O)(O)O.CCCC[PH](CCCC)(CCCC)CCCC. The van der Waals surface area contributed by atoms with E-state index in [4.69, 9.17) is 9.79 Å². The maximum absolute atomic E-state index is 10.4. The molecule has 0 aliphatic heterocycles. The molecule has 0 aromatic carbocycles. The summed E-state index contributed by atoms with van der Waals surface area (Å²) >= 11 is 0. The van der Waals surface area contributed by atoms with E-state index in [1.807, 2.05) is 0 Å². The van der Waals surface area contributed by atoms with Crippen molar-refractivity contribution in [2.24, 2.45) is 0 Å². The first-order chi connectivity index (χ1) is 13.8. The third kappa shape index (κ3) is 23.1. The van der Waals surface area contributed by atoms with Gasteiger partial charge in [-0.05, 0) is 6.42 Å². The summed E-state index contributed by atoms with van der Waals surface area (Å²) in [6.45, 7) is 11.6. The molecule has 0 bridgehead atoms. The topological polar surface area (TPSA) is 57.5 Å². The van der Waals surface area contributed by atoms with Gasteiger partial charge in [-0.3, -0.25) is 4.57 Å². The molecule has 0 atom stereocenters. The Morgan fingerprint density at radius 2 is 0.828 bits per heavy atom. The van der Waals surface area contributed by atoms with Crippen LogP contribution < -0.4 is 0 Å². The second kappa shape index (κ2) is 21.8. The zero-order valence-electron chi connectivity index (χ0n) is 20.7. The van der Waals surface area contributed by atoms with Crippen LogP contribution in [-0.4, -0.2) is 40.6 Å². The van der Waals surface area contributed by atoms with Crippen molar-refractivity contribution in [2.45, 2.75) is 125 Å². The molecule has 0 aliphatic rings. The molecule has 0 saturated heterocycles. The summed E-state index contributed by atoms with van der Waals surface area (Å²) in [5.41, 5.74) is 0. The molecule has 0 aromatic rings. The van der Waals surface area contributed by atoms with Crippen LogP contribution in [0.4, 0.5) is 0 Å². The Labute approximate surface area is 184 Å². The zero-order chi connectivity index (χ0) is 22.4. The van der Waals surface area contributed by atoms with Crippen LogP contribution >= 0.6 is 14.9 Å². The molecule has 0 heterocycles. The summed E-state index contributed by atoms with van der Waals surface area (Å²) in [6, 6.07) is 0. The van der Waals surface area contributed by atoms with E-state index in [2.05, 4.69) is 34.6 Å². The van der Waals surface area contributed by atoms with Crippen molar-refractivity contribution < 1.29 is 14.4 Å². The second-order valence-electron chi connectivity index (χ2n) is 9.07. The molecule has 2 N–H and O–H groups in total. The fourth-order valence-electron chi connectivity index (χ4n) is 4.06. The first-order valence-electron chi connectivity index (χ1n) is 12.8. The summed E-state index contributed by atoms with van der Waals surface area (Å²) in [4.78, 5) is 17.1. The van der Waals surface area contributed by atoms with Crippen molar-refractivity contribution in [3.05, 3.63) is 0 Å². The summed E-state index contributed by atoms with van der Waals surface area (Å²) in [7, 11) is -4.60. The van der Waals surface area contributed by atoms with Gasteiger partial charge in [-0.25, -0.2) is 0 Å². The number of unbranched alkanes of at least 4 members (excludes halogenated alkanes) is 9. The molecular formula is C24H56O3P2. The van der Waals surface area contributed by atoms with Crippen LogP contribution in [0.2, 0.25) is 0 Å². The Balaban J connectivity index is 0. The molecule has 0 fully saturated rings. The minimum absolute atomic E-state index is 0.0547. The molecule has 29 heavy (non-hydrogen) atoms. The Morgan fingerprint density at radius 1 is 0.517 bits per heavy atom. The average molecular weight is 455 g/mol. The number of hydrogen-bond acceptors (Lipinski definition) is 1. The molecule has 0 unspecified atom stereocenters. The van der Waals surface area contributed by atoms with Gasteiger partial charge in [0.25, 0.3) is 0 Å². The molecular weight excluding hydrogens is 398 g/mol. The Bertz CT molecular complexity index is 332. The fourth-order valence-corrected chi connectivity index (χ4v) is 10.6. The van der Waals surface area contributed by atoms with Crippen molar-refractivity contribution in [3.63, 3.8) is 0 Å². The van der Waals surface area contributed by atoms with Crippen LogP contribution in [0.15, 0.2) is 0 Å². The molecule has 180 valence electrons. The van der Waals surface area contributed by atoms with Crippen LogP contribution in [0.3, 0.4) is 0 Å². The molecule has 0 radical (unpaired) electrons. The Kier molecular flexibility index (Phi) is 23.9. The van der Waals surface area contributed by atoms with Gasteiger partial charge in [0.1, 0.15) is 0 Å². The van der Waals surface area contributed by atoms with E-state index in [-0.39, 0.29) is 6.16 Å². The molecule has 0 rings (SSSR count). The van der Waals surface area contributed by atoms with E-state index in [0.29, 0.717) is 6.42 Å². The normalized spacial score (nSPS) is 12.5. The molecule has 0 spiro atoms. The Hall–Kier alpha value is 0.580. The molecule has 5 heteroatoms. The quantitative estimate of drug-likeness (QED) is 0.152. The third-order valence-corrected chi connectivity index (χ3v) is 12.6. The first-order valence-corrected chi connectivity index (χ1v) is 17.5. The average Bonchev–Trinajstić information content (AvgIpc) is 2.69. The van der Waals surface area contributed by atoms with Gasteiger partial charge < -0.3 is 9.79 Å². The van der Waals surface area contributed by atoms with Crippen molar-refractivity contribution in [3.8, 4) is 0 Å². The van der Waals surface area contributed by atoms with Gasteiger partial charge >= 0.3 is 119 Å². The monoisotopic (exact) mass is 454 g/mol. The van der Waals surface area contributed by atoms with E-state index in [9.17, 15) is 4.57 Å². The minimum atomic E-state index is -3.72. The number of hydrogen-bond donors (Lipinski definition) is 2. The summed E-state index contributed by atoms with van der Waals surface area (Å²) in [5.74, 6) is 0. The van der Waals surface area contributed by atoms with Crippen LogP contribution in [-0.2, 0) is 4.57 Å². The third-order valence-electron chi connectivity index (χ3n) is 6.05. The van der Waals surface area contributed by atoms with Crippen molar-refractivity contribution >= 4 is 14.9 Å². The fraction of sp³-hybridized carbons (Fsp3) is 1.00. The van der Waals surface area contributed by atoms with Gasteiger partial charge in [0.05, 0.1) is 0 Å². The van der Waals surface area contributed by atoms with Gasteiger partial charge in [-0.1, -0.05) is 39.0 Å². The second-order valence-corrected chi connectivity index (χ2v) is 15.8. The summed E-state index contributed by atoms with van der Waals surface area (Å²) < 4.78 is 10.4. The van der Waals surface area contributed by atoms with Crippen molar-refractivity contribution in [1.29, 1.82) is 0 Å². The van der Waals surface area contributed by atoms with Gasteiger partial charge in [-0.15, -0.1) is 0 Å². The summed E-state index contributed by atoms with van der Waals surface area (Å²) in [5, 5.41) is 0. The van der Waals surface area contributed by atoms with E-state index in [0.717, 1.165) is 12.8 Å². The van der Waals surface area contributed by atoms with E-state index >= 15 is 0 Å². The van der Waals surface area contributed by atoms with E-state index in [1.54, 1.807) is 24.6 Å². The van der Waals surface area contributed by atoms with Gasteiger partial charge in [0.15, 0.2) is 0 Å². The molecule has 0 aliphatic carbocycles. The van der Waals surface area contributed by atoms with Crippen LogP contribution in [0.1, 0.15) is 125 Å². The molecule has 0 amide bonds. The molecule has 0 saturated carbocycles. The van der Waals surface area contributed by atoms with Crippen LogP contribution in [0.5, 0.6) is 0 Å². The van der Waals surface area contributed by atoms with E-state index < -0.39 is 14.9 Å². The standard InChI is InChI=1S/C16H37P.C8H19O3P/c1-5-9-13-17(14-10-6-2,15-11-7-3)16-12-8-4;1-2-3-4-5-6-7-8-12(9,10)11/h17H,5-16H2,1-4H3;2-8H2,1H3,(H2,9,10,11). The first kappa shape index (κ1) is 31.8. The van der Waals surface area contributed by atoms with Crippen LogP contribution in [0, 0.1) is 0 Å². The number of rotatable bonds is 19. The predicted molar refractivity (Wildman–Crippen MR) is 138 cm³/mol.